The van der Waals surface area contributed by atoms with E-state index in [0.717, 1.165) is 10.9 Å². The van der Waals surface area contributed by atoms with E-state index in [-0.39, 0.29) is 6.04 Å². The maximum Gasteiger partial charge on any atom is 0.0403 e. The van der Waals surface area contributed by atoms with E-state index >= 15 is 0 Å². The van der Waals surface area contributed by atoms with Gasteiger partial charge in [-0.1, -0.05) is 13.8 Å². The predicted molar refractivity (Wildman–Crippen MR) is 58.4 cm³/mol. The molecule has 1 atom stereocenters. The van der Waals surface area contributed by atoms with Gasteiger partial charge in [-0.25, -0.2) is 0 Å². The Balaban J connectivity index is 2.65. The first-order valence-electron chi connectivity index (χ1n) is 4.09. The Labute approximate surface area is 86.1 Å². The zero-order valence-electron chi connectivity index (χ0n) is 7.38. The van der Waals surface area contributed by atoms with Crippen molar-refractivity contribution in [2.75, 3.05) is 0 Å². The summed E-state index contributed by atoms with van der Waals surface area (Å²) < 4.78 is 1.15. The Morgan fingerprint density at radius 3 is 2.67 bits per heavy atom. The van der Waals surface area contributed by atoms with Crippen molar-refractivity contribution in [1.29, 1.82) is 0 Å². The standard InChI is InChI=1S/C9H14BrNS/c1-6(2)5-8(11)9-7(10)3-4-12-9/h3-4,6,8H,5,11H2,1-2H3/t8-/m1/s1. The highest BCUT2D eigenvalue weighted by Gasteiger charge is 2.12. The summed E-state index contributed by atoms with van der Waals surface area (Å²) in [6, 6.07) is 2.25. The molecule has 2 N–H and O–H groups in total. The molecule has 0 aliphatic carbocycles. The molecular formula is C9H14BrNS. The number of hydrogen-bond acceptors (Lipinski definition) is 2. The lowest BCUT2D eigenvalue weighted by atomic mass is 10.0. The highest BCUT2D eigenvalue weighted by Crippen LogP contribution is 2.30. The first-order valence-corrected chi connectivity index (χ1v) is 5.77. The summed E-state index contributed by atoms with van der Waals surface area (Å²) in [7, 11) is 0. The molecule has 0 fully saturated rings. The summed E-state index contributed by atoms with van der Waals surface area (Å²) >= 11 is 5.21. The largest absolute Gasteiger partial charge is 0.323 e. The SMILES string of the molecule is CC(C)C[C@@H](N)c1sccc1Br. The molecule has 1 rings (SSSR count). The summed E-state index contributed by atoms with van der Waals surface area (Å²) in [4.78, 5) is 1.27. The van der Waals surface area contributed by atoms with Gasteiger partial charge in [0.05, 0.1) is 0 Å². The van der Waals surface area contributed by atoms with Crippen LogP contribution in [-0.2, 0) is 0 Å². The van der Waals surface area contributed by atoms with Crippen LogP contribution in [0.15, 0.2) is 15.9 Å². The minimum atomic E-state index is 0.194. The van der Waals surface area contributed by atoms with Crippen LogP contribution in [0.4, 0.5) is 0 Å². The van der Waals surface area contributed by atoms with Crippen molar-refractivity contribution >= 4 is 27.3 Å². The van der Waals surface area contributed by atoms with Crippen molar-refractivity contribution in [3.05, 3.63) is 20.8 Å². The lowest BCUT2D eigenvalue weighted by molar-refractivity contribution is 0.514. The summed E-state index contributed by atoms with van der Waals surface area (Å²) in [5.74, 6) is 0.661. The highest BCUT2D eigenvalue weighted by atomic mass is 79.9. The van der Waals surface area contributed by atoms with Gasteiger partial charge in [0, 0.05) is 15.4 Å². The monoisotopic (exact) mass is 247 g/mol. The molecule has 0 saturated carbocycles. The summed E-state index contributed by atoms with van der Waals surface area (Å²) in [6.07, 6.45) is 1.05. The molecular weight excluding hydrogens is 234 g/mol. The van der Waals surface area contributed by atoms with Gasteiger partial charge in [-0.05, 0) is 39.7 Å². The minimum absolute atomic E-state index is 0.194. The second-order valence-electron chi connectivity index (χ2n) is 3.37. The second-order valence-corrected chi connectivity index (χ2v) is 5.17. The maximum absolute atomic E-state index is 6.02. The van der Waals surface area contributed by atoms with Crippen molar-refractivity contribution in [1.82, 2.24) is 0 Å². The highest BCUT2D eigenvalue weighted by molar-refractivity contribution is 9.10. The zero-order valence-corrected chi connectivity index (χ0v) is 9.78. The number of thiophene rings is 1. The normalized spacial score (nSPS) is 13.8. The number of halogens is 1. The smallest absolute Gasteiger partial charge is 0.0403 e. The van der Waals surface area contributed by atoms with Crippen LogP contribution >= 0.6 is 27.3 Å². The predicted octanol–water partition coefficient (Wildman–Crippen LogP) is 3.56. The lowest BCUT2D eigenvalue weighted by Gasteiger charge is -2.12. The molecule has 0 saturated heterocycles. The third-order valence-corrected chi connectivity index (χ3v) is 3.71. The molecule has 1 aromatic rings. The lowest BCUT2D eigenvalue weighted by Crippen LogP contribution is -2.11. The van der Waals surface area contributed by atoms with Crippen molar-refractivity contribution in [3.63, 3.8) is 0 Å². The fourth-order valence-electron chi connectivity index (χ4n) is 1.18. The molecule has 3 heteroatoms. The van der Waals surface area contributed by atoms with E-state index < -0.39 is 0 Å². The molecule has 0 spiro atoms. The van der Waals surface area contributed by atoms with Gasteiger partial charge in [-0.3, -0.25) is 0 Å². The quantitative estimate of drug-likeness (QED) is 0.869. The molecule has 1 nitrogen and oxygen atoms in total. The topological polar surface area (TPSA) is 26.0 Å². The van der Waals surface area contributed by atoms with Gasteiger partial charge in [0.25, 0.3) is 0 Å². The molecule has 68 valence electrons. The molecule has 12 heavy (non-hydrogen) atoms. The van der Waals surface area contributed by atoms with Gasteiger partial charge in [0.15, 0.2) is 0 Å². The van der Waals surface area contributed by atoms with E-state index in [1.54, 1.807) is 11.3 Å². The van der Waals surface area contributed by atoms with Crippen LogP contribution in [0.5, 0.6) is 0 Å². The zero-order chi connectivity index (χ0) is 9.14. The van der Waals surface area contributed by atoms with Crippen LogP contribution in [0.3, 0.4) is 0 Å². The Bertz CT molecular complexity index is 244. The van der Waals surface area contributed by atoms with E-state index in [1.807, 2.05) is 0 Å². The molecule has 0 radical (unpaired) electrons. The first-order chi connectivity index (χ1) is 5.61. The summed E-state index contributed by atoms with van der Waals surface area (Å²) in [6.45, 7) is 4.39. The third kappa shape index (κ3) is 2.57. The van der Waals surface area contributed by atoms with Crippen LogP contribution in [-0.4, -0.2) is 0 Å². The second kappa shape index (κ2) is 4.40. The summed E-state index contributed by atoms with van der Waals surface area (Å²) in [5.41, 5.74) is 6.02. The Morgan fingerprint density at radius 1 is 1.58 bits per heavy atom. The number of hydrogen-bond donors (Lipinski definition) is 1. The van der Waals surface area contributed by atoms with Crippen molar-refractivity contribution in [2.45, 2.75) is 26.3 Å². The number of nitrogens with two attached hydrogens (primary N) is 1. The molecule has 0 aliphatic heterocycles. The first kappa shape index (κ1) is 10.2. The molecule has 0 aliphatic rings. The van der Waals surface area contributed by atoms with Gasteiger partial charge in [0.2, 0.25) is 0 Å². The molecule has 0 unspecified atom stereocenters. The average molecular weight is 248 g/mol. The Morgan fingerprint density at radius 2 is 2.25 bits per heavy atom. The van der Waals surface area contributed by atoms with Crippen LogP contribution in [0.1, 0.15) is 31.2 Å². The molecule has 0 aromatic carbocycles. The fraction of sp³-hybridized carbons (Fsp3) is 0.556. The van der Waals surface area contributed by atoms with Gasteiger partial charge >= 0.3 is 0 Å². The Hall–Kier alpha value is 0.140. The molecule has 0 amide bonds. The van der Waals surface area contributed by atoms with E-state index in [9.17, 15) is 0 Å². The van der Waals surface area contributed by atoms with Crippen LogP contribution in [0, 0.1) is 5.92 Å². The molecule has 1 aromatic heterocycles. The summed E-state index contributed by atoms with van der Waals surface area (Å²) in [5, 5.41) is 2.07. The van der Waals surface area contributed by atoms with Gasteiger partial charge in [0.1, 0.15) is 0 Å². The maximum atomic E-state index is 6.02. The molecule has 0 bridgehead atoms. The fourth-order valence-corrected chi connectivity index (χ4v) is 2.87. The van der Waals surface area contributed by atoms with Crippen LogP contribution in [0.2, 0.25) is 0 Å². The van der Waals surface area contributed by atoms with Crippen molar-refractivity contribution in [3.8, 4) is 0 Å². The van der Waals surface area contributed by atoms with Gasteiger partial charge < -0.3 is 5.73 Å². The Kier molecular flexibility index (Phi) is 3.75. The van der Waals surface area contributed by atoms with Crippen molar-refractivity contribution < 1.29 is 0 Å². The third-order valence-electron chi connectivity index (χ3n) is 1.71. The van der Waals surface area contributed by atoms with Crippen LogP contribution in [0.25, 0.3) is 0 Å². The van der Waals surface area contributed by atoms with Gasteiger partial charge in [-0.15, -0.1) is 11.3 Å². The van der Waals surface area contributed by atoms with E-state index in [4.69, 9.17) is 5.73 Å². The van der Waals surface area contributed by atoms with Gasteiger partial charge in [-0.2, -0.15) is 0 Å². The number of rotatable bonds is 3. The van der Waals surface area contributed by atoms with Crippen molar-refractivity contribution in [2.24, 2.45) is 11.7 Å². The van der Waals surface area contributed by atoms with E-state index in [1.165, 1.54) is 4.88 Å². The van der Waals surface area contributed by atoms with E-state index in [0.29, 0.717) is 5.92 Å². The van der Waals surface area contributed by atoms with E-state index in [2.05, 4.69) is 41.2 Å². The molecule has 1 heterocycles. The van der Waals surface area contributed by atoms with Crippen LogP contribution < -0.4 is 5.73 Å². The average Bonchev–Trinajstić information content (AvgIpc) is 2.33. The minimum Gasteiger partial charge on any atom is -0.323 e.